The summed E-state index contributed by atoms with van der Waals surface area (Å²) in [6, 6.07) is 22.8. The molecule has 0 saturated carbocycles. The number of hydrogen-bond donors (Lipinski definition) is 0. The quantitative estimate of drug-likeness (QED) is 0.332. The first kappa shape index (κ1) is 26.7. The smallest absolute Gasteiger partial charge is 0.285 e. The summed E-state index contributed by atoms with van der Waals surface area (Å²) in [7, 11) is -7.36. The molecule has 3 aromatic rings. The second kappa shape index (κ2) is 10.7. The molecule has 5 rings (SSSR count). The lowest BCUT2D eigenvalue weighted by Gasteiger charge is -2.32. The van der Waals surface area contributed by atoms with E-state index in [0.29, 0.717) is 16.6 Å². The third-order valence-electron chi connectivity index (χ3n) is 6.43. The van der Waals surface area contributed by atoms with E-state index in [0.717, 1.165) is 16.8 Å². The first-order chi connectivity index (χ1) is 18.1. The summed E-state index contributed by atoms with van der Waals surface area (Å²) in [6.07, 6.45) is 0. The Hall–Kier alpha value is -2.92. The van der Waals surface area contributed by atoms with Crippen LogP contribution in [-0.4, -0.2) is 69.6 Å². The van der Waals surface area contributed by atoms with Crippen LogP contribution >= 0.6 is 23.2 Å². The zero-order valence-corrected chi connectivity index (χ0v) is 23.3. The van der Waals surface area contributed by atoms with Crippen LogP contribution in [-0.2, 0) is 19.9 Å². The van der Waals surface area contributed by atoms with Crippen molar-refractivity contribution >= 4 is 54.7 Å². The number of hydrazone groups is 1. The van der Waals surface area contributed by atoms with E-state index in [9.17, 15) is 16.8 Å². The van der Waals surface area contributed by atoms with Gasteiger partial charge in [0, 0.05) is 29.1 Å². The Morgan fingerprint density at radius 1 is 0.868 bits per heavy atom. The Balaban J connectivity index is 1.60. The standard InChI is InChI=1S/C26H24Cl2N4O4S2/c27-21-8-6-20(7-9-21)25-24(19-4-2-1-3-5-19)18-32(29-25)26(31-14-16-37(33,34)17-15-31)30-38(35,36)23-12-10-22(28)11-13-23/h1-13,24H,14-18H2/b30-26+. The molecule has 12 heteroatoms. The lowest BCUT2D eigenvalue weighted by molar-refractivity contribution is 0.349. The SMILES string of the molecule is O=S1(=O)CCN(/C(=N\S(=O)(=O)c2ccc(Cl)cc2)N2CC(c3ccccc3)C(c3ccc(Cl)cc3)=N2)CC1. The van der Waals surface area contributed by atoms with Crippen molar-refractivity contribution in [2.45, 2.75) is 10.8 Å². The van der Waals surface area contributed by atoms with Gasteiger partial charge in [0.1, 0.15) is 0 Å². The second-order valence-electron chi connectivity index (χ2n) is 9.00. The Morgan fingerprint density at radius 2 is 1.45 bits per heavy atom. The summed E-state index contributed by atoms with van der Waals surface area (Å²) in [5.74, 6) is -0.304. The van der Waals surface area contributed by atoms with E-state index < -0.39 is 19.9 Å². The molecule has 38 heavy (non-hydrogen) atoms. The number of sulfonamides is 1. The van der Waals surface area contributed by atoms with Crippen LogP contribution in [0, 0.1) is 0 Å². The van der Waals surface area contributed by atoms with Gasteiger partial charge in [0.05, 0.1) is 28.7 Å². The summed E-state index contributed by atoms with van der Waals surface area (Å²) in [5, 5.41) is 7.40. The van der Waals surface area contributed by atoms with Crippen LogP contribution in [0.4, 0.5) is 0 Å². The van der Waals surface area contributed by atoms with Crippen molar-refractivity contribution < 1.29 is 16.8 Å². The Morgan fingerprint density at radius 3 is 2.05 bits per heavy atom. The summed E-state index contributed by atoms with van der Waals surface area (Å²) in [4.78, 5) is 1.65. The van der Waals surface area contributed by atoms with E-state index in [-0.39, 0.29) is 41.4 Å². The summed E-state index contributed by atoms with van der Waals surface area (Å²) in [5.41, 5.74) is 2.57. The van der Waals surface area contributed by atoms with Crippen molar-refractivity contribution in [3.8, 4) is 0 Å². The van der Waals surface area contributed by atoms with E-state index in [1.54, 1.807) is 22.0 Å². The van der Waals surface area contributed by atoms with Gasteiger partial charge in [0.2, 0.25) is 5.96 Å². The highest BCUT2D eigenvalue weighted by Crippen LogP contribution is 2.31. The highest BCUT2D eigenvalue weighted by atomic mass is 35.5. The number of guanidine groups is 1. The van der Waals surface area contributed by atoms with E-state index in [1.807, 2.05) is 42.5 Å². The first-order valence-electron chi connectivity index (χ1n) is 11.8. The number of nitrogens with zero attached hydrogens (tertiary/aromatic N) is 4. The van der Waals surface area contributed by atoms with Gasteiger partial charge in [0.15, 0.2) is 9.84 Å². The monoisotopic (exact) mass is 590 g/mol. The normalized spacial score (nSPS) is 19.9. The molecule has 0 N–H and O–H groups in total. The predicted molar refractivity (Wildman–Crippen MR) is 150 cm³/mol. The van der Waals surface area contributed by atoms with E-state index >= 15 is 0 Å². The fourth-order valence-corrected chi connectivity index (χ4v) is 6.87. The van der Waals surface area contributed by atoms with Crippen LogP contribution in [0.5, 0.6) is 0 Å². The van der Waals surface area contributed by atoms with Crippen molar-refractivity contribution in [2.75, 3.05) is 31.1 Å². The molecular formula is C26H24Cl2N4O4S2. The molecule has 198 valence electrons. The number of benzene rings is 3. The van der Waals surface area contributed by atoms with Gasteiger partial charge in [-0.2, -0.15) is 13.5 Å². The van der Waals surface area contributed by atoms with Gasteiger partial charge in [-0.3, -0.25) is 0 Å². The number of hydrogen-bond acceptors (Lipinski definition) is 5. The van der Waals surface area contributed by atoms with Gasteiger partial charge in [-0.15, -0.1) is 4.40 Å². The van der Waals surface area contributed by atoms with E-state index in [2.05, 4.69) is 4.40 Å². The van der Waals surface area contributed by atoms with Crippen LogP contribution in [0.2, 0.25) is 10.0 Å². The van der Waals surface area contributed by atoms with Crippen LogP contribution < -0.4 is 0 Å². The zero-order chi connectivity index (χ0) is 26.9. The van der Waals surface area contributed by atoms with Crippen LogP contribution in [0.25, 0.3) is 0 Å². The van der Waals surface area contributed by atoms with Gasteiger partial charge in [-0.25, -0.2) is 13.4 Å². The second-order valence-corrected chi connectivity index (χ2v) is 13.8. The van der Waals surface area contributed by atoms with Crippen molar-refractivity contribution in [3.63, 3.8) is 0 Å². The van der Waals surface area contributed by atoms with Crippen molar-refractivity contribution in [1.29, 1.82) is 0 Å². The molecule has 3 aromatic carbocycles. The van der Waals surface area contributed by atoms with Gasteiger partial charge >= 0.3 is 0 Å². The molecular weight excluding hydrogens is 567 g/mol. The molecule has 0 amide bonds. The Kier molecular flexibility index (Phi) is 7.50. The van der Waals surface area contributed by atoms with Crippen molar-refractivity contribution in [1.82, 2.24) is 9.91 Å². The third kappa shape index (κ3) is 5.88. The van der Waals surface area contributed by atoms with Crippen LogP contribution in [0.1, 0.15) is 17.0 Å². The van der Waals surface area contributed by atoms with Gasteiger partial charge in [-0.1, -0.05) is 65.7 Å². The molecule has 0 aliphatic carbocycles. The summed E-state index contributed by atoms with van der Waals surface area (Å²) >= 11 is 12.1. The first-order valence-corrected chi connectivity index (χ1v) is 15.9. The Bertz CT molecular complexity index is 1580. The molecule has 0 spiro atoms. The van der Waals surface area contributed by atoms with Gasteiger partial charge < -0.3 is 4.90 Å². The molecule has 0 aromatic heterocycles. The molecule has 2 aliphatic heterocycles. The lowest BCUT2D eigenvalue weighted by atomic mass is 9.91. The third-order valence-corrected chi connectivity index (χ3v) is 9.81. The minimum atomic E-state index is -4.15. The van der Waals surface area contributed by atoms with E-state index in [4.69, 9.17) is 28.3 Å². The molecule has 1 fully saturated rings. The van der Waals surface area contributed by atoms with Crippen LogP contribution in [0.3, 0.4) is 0 Å². The fraction of sp³-hybridized carbons (Fsp3) is 0.231. The lowest BCUT2D eigenvalue weighted by Crippen LogP contribution is -2.49. The molecule has 2 aliphatic rings. The average molecular weight is 592 g/mol. The minimum Gasteiger partial charge on any atom is -0.338 e. The molecule has 8 nitrogen and oxygen atoms in total. The molecule has 1 saturated heterocycles. The fourth-order valence-electron chi connectivity index (χ4n) is 4.40. The maximum absolute atomic E-state index is 13.4. The average Bonchev–Trinajstić information content (AvgIpc) is 3.34. The highest BCUT2D eigenvalue weighted by Gasteiger charge is 2.36. The maximum Gasteiger partial charge on any atom is 0.285 e. The summed E-state index contributed by atoms with van der Waals surface area (Å²) in [6.45, 7) is 0.533. The van der Waals surface area contributed by atoms with Gasteiger partial charge in [-0.05, 0) is 47.5 Å². The molecule has 1 unspecified atom stereocenters. The van der Waals surface area contributed by atoms with Crippen molar-refractivity contribution in [2.24, 2.45) is 9.50 Å². The zero-order valence-electron chi connectivity index (χ0n) is 20.1. The molecule has 0 bridgehead atoms. The molecule has 0 radical (unpaired) electrons. The molecule has 1 atom stereocenters. The largest absolute Gasteiger partial charge is 0.338 e. The number of halogens is 2. The number of sulfone groups is 1. The highest BCUT2D eigenvalue weighted by molar-refractivity contribution is 7.91. The predicted octanol–water partition coefficient (Wildman–Crippen LogP) is 4.27. The maximum atomic E-state index is 13.4. The number of rotatable bonds is 4. The van der Waals surface area contributed by atoms with E-state index in [1.165, 1.54) is 24.3 Å². The van der Waals surface area contributed by atoms with Gasteiger partial charge in [0.25, 0.3) is 10.0 Å². The minimum absolute atomic E-state index is 0.0234. The Labute approximate surface area is 232 Å². The molecule has 2 heterocycles. The summed E-state index contributed by atoms with van der Waals surface area (Å²) < 4.78 is 55.2. The van der Waals surface area contributed by atoms with Crippen LogP contribution in [0.15, 0.2) is 93.3 Å². The van der Waals surface area contributed by atoms with Crippen molar-refractivity contribution in [3.05, 3.63) is 100 Å². The topological polar surface area (TPSA) is 99.5 Å².